The molecule has 1 unspecified atom stereocenters. The molecule has 4 rings (SSSR count). The minimum atomic E-state index is -0.772. The van der Waals surface area contributed by atoms with Gasteiger partial charge in [-0.2, -0.15) is 0 Å². The summed E-state index contributed by atoms with van der Waals surface area (Å²) in [6.07, 6.45) is 1.38. The van der Waals surface area contributed by atoms with Crippen LogP contribution >= 0.6 is 11.3 Å². The lowest BCUT2D eigenvalue weighted by atomic mass is 9.86. The fourth-order valence-corrected chi connectivity index (χ4v) is 5.42. The molecule has 35 heavy (non-hydrogen) atoms. The molecule has 2 fully saturated rings. The Hall–Kier alpha value is -2.78. The lowest BCUT2D eigenvalue weighted by Crippen LogP contribution is -2.55. The van der Waals surface area contributed by atoms with Crippen LogP contribution < -0.4 is 11.1 Å². The van der Waals surface area contributed by atoms with E-state index in [2.05, 4.69) is 34.6 Å². The van der Waals surface area contributed by atoms with Gasteiger partial charge >= 0.3 is 5.97 Å². The highest BCUT2D eigenvalue weighted by molar-refractivity contribution is 7.13. The highest BCUT2D eigenvalue weighted by Crippen LogP contribution is 2.46. The molecule has 2 heterocycles. The number of nitrogens with two attached hydrogens (primary N) is 1. The van der Waals surface area contributed by atoms with Crippen LogP contribution in [0.4, 0.5) is 0 Å². The molecule has 1 saturated heterocycles. The molecule has 1 aromatic carbocycles. The van der Waals surface area contributed by atoms with Crippen LogP contribution in [0.2, 0.25) is 0 Å². The van der Waals surface area contributed by atoms with Gasteiger partial charge in [0.1, 0.15) is 12.1 Å². The number of nitrogens with one attached hydrogen (secondary N) is 1. The van der Waals surface area contributed by atoms with Gasteiger partial charge in [-0.25, -0.2) is 4.98 Å². The van der Waals surface area contributed by atoms with Crippen LogP contribution in [-0.2, 0) is 24.7 Å². The first-order valence-electron chi connectivity index (χ1n) is 12.0. The van der Waals surface area contributed by atoms with Crippen molar-refractivity contribution < 1.29 is 19.1 Å². The van der Waals surface area contributed by atoms with Gasteiger partial charge in [-0.1, -0.05) is 45.0 Å². The number of likely N-dealkylation sites (tertiary alicyclic amines) is 1. The number of carbonyl (C=O) groups is 3. The van der Waals surface area contributed by atoms with Crippen molar-refractivity contribution in [3.8, 4) is 10.4 Å². The molecule has 0 radical (unpaired) electrons. The molecule has 1 aliphatic heterocycles. The second-order valence-electron chi connectivity index (χ2n) is 10.7. The van der Waals surface area contributed by atoms with Gasteiger partial charge < -0.3 is 20.7 Å². The highest BCUT2D eigenvalue weighted by atomic mass is 32.1. The summed E-state index contributed by atoms with van der Waals surface area (Å²) in [5.41, 5.74) is 10.3. The summed E-state index contributed by atoms with van der Waals surface area (Å²) in [6, 6.07) is 6.72. The Balaban J connectivity index is 1.52. The number of carbonyl (C=O) groups excluding carboxylic acids is 3. The predicted molar refractivity (Wildman–Crippen MR) is 134 cm³/mol. The summed E-state index contributed by atoms with van der Waals surface area (Å²) >= 11 is 1.61. The molecule has 188 valence electrons. The molecule has 0 bridgehead atoms. The number of amides is 2. The molecule has 2 aromatic rings. The van der Waals surface area contributed by atoms with E-state index in [1.807, 2.05) is 33.2 Å². The van der Waals surface area contributed by atoms with Crippen molar-refractivity contribution in [1.29, 1.82) is 0 Å². The first-order chi connectivity index (χ1) is 16.4. The van der Waals surface area contributed by atoms with Crippen LogP contribution in [0.3, 0.4) is 0 Å². The minimum absolute atomic E-state index is 0.163. The summed E-state index contributed by atoms with van der Waals surface area (Å²) in [4.78, 5) is 45.2. The van der Waals surface area contributed by atoms with E-state index in [1.54, 1.807) is 11.3 Å². The zero-order valence-electron chi connectivity index (χ0n) is 21.0. The van der Waals surface area contributed by atoms with Crippen molar-refractivity contribution in [3.05, 3.63) is 41.0 Å². The van der Waals surface area contributed by atoms with Gasteiger partial charge in [0.05, 0.1) is 34.2 Å². The monoisotopic (exact) mass is 498 g/mol. The smallest absolute Gasteiger partial charge is 0.302 e. The quantitative estimate of drug-likeness (QED) is 0.592. The number of thiazole rings is 1. The van der Waals surface area contributed by atoms with Crippen LogP contribution in [0, 0.1) is 12.3 Å². The van der Waals surface area contributed by atoms with Crippen LogP contribution in [-0.4, -0.2) is 52.4 Å². The summed E-state index contributed by atoms with van der Waals surface area (Å²) in [6.45, 7) is 9.15. The lowest BCUT2D eigenvalue weighted by Gasteiger charge is -2.33. The van der Waals surface area contributed by atoms with E-state index in [9.17, 15) is 14.4 Å². The molecular formula is C26H34N4O4S. The van der Waals surface area contributed by atoms with Crippen molar-refractivity contribution >= 4 is 29.1 Å². The van der Waals surface area contributed by atoms with Gasteiger partial charge in [0.25, 0.3) is 0 Å². The Morgan fingerprint density at radius 3 is 2.40 bits per heavy atom. The van der Waals surface area contributed by atoms with Crippen LogP contribution in [0.15, 0.2) is 29.8 Å². The number of nitrogens with zero attached hydrogens (tertiary/aromatic N) is 2. The summed E-state index contributed by atoms with van der Waals surface area (Å²) in [5.74, 6) is -0.978. The average Bonchev–Trinajstić information content (AvgIpc) is 3.24. The van der Waals surface area contributed by atoms with E-state index in [-0.39, 0.29) is 24.8 Å². The molecule has 3 N–H and O–H groups in total. The number of ether oxygens (including phenoxy) is 1. The maximum atomic E-state index is 13.5. The maximum absolute atomic E-state index is 13.5. The highest BCUT2D eigenvalue weighted by Gasteiger charge is 2.50. The van der Waals surface area contributed by atoms with Crippen molar-refractivity contribution in [3.63, 3.8) is 0 Å². The molecule has 3 atom stereocenters. The number of hydrogen-bond acceptors (Lipinski definition) is 7. The molecule has 1 aliphatic carbocycles. The summed E-state index contributed by atoms with van der Waals surface area (Å²) in [5, 5.41) is 3.20. The zero-order chi connectivity index (χ0) is 25.5. The largest absolute Gasteiger partial charge is 0.461 e. The first kappa shape index (κ1) is 25.3. The Morgan fingerprint density at radius 2 is 1.89 bits per heavy atom. The lowest BCUT2D eigenvalue weighted by molar-refractivity contribution is -0.147. The van der Waals surface area contributed by atoms with Crippen molar-refractivity contribution in [2.24, 2.45) is 11.1 Å². The third kappa shape index (κ3) is 5.26. The third-order valence-corrected chi connectivity index (χ3v) is 7.92. The molecule has 1 saturated carbocycles. The fourth-order valence-electron chi connectivity index (χ4n) is 4.61. The molecule has 0 spiro atoms. The van der Waals surface area contributed by atoms with E-state index in [0.717, 1.165) is 34.5 Å². The molecule has 1 aromatic heterocycles. The van der Waals surface area contributed by atoms with Crippen LogP contribution in [0.25, 0.3) is 10.4 Å². The van der Waals surface area contributed by atoms with Crippen molar-refractivity contribution in [2.45, 2.75) is 77.6 Å². The van der Waals surface area contributed by atoms with E-state index >= 15 is 0 Å². The number of esters is 1. The van der Waals surface area contributed by atoms with E-state index in [1.165, 1.54) is 11.8 Å². The number of aryl methyl sites for hydroxylation is 1. The molecule has 2 aliphatic rings. The predicted octanol–water partition coefficient (Wildman–Crippen LogP) is 3.13. The summed E-state index contributed by atoms with van der Waals surface area (Å²) < 4.78 is 5.37. The standard InChI is InChI=1S/C26H34N4O4S/c1-15-21(35-14-28-15)17-6-8-18(9-7-17)26(10-11-26)29-23(32)20-12-19(34-16(2)31)13-30(20)24(33)22(27)25(3,4)5/h6-9,14,19-20,22H,10-13,27H2,1-5H3,(H,29,32)/t19-,20?,22-/m1/s1. The zero-order valence-corrected chi connectivity index (χ0v) is 21.8. The van der Waals surface area contributed by atoms with Crippen molar-refractivity contribution in [1.82, 2.24) is 15.2 Å². The second-order valence-corrected chi connectivity index (χ2v) is 11.6. The second kappa shape index (κ2) is 9.35. The van der Waals surface area contributed by atoms with E-state index < -0.39 is 35.1 Å². The summed E-state index contributed by atoms with van der Waals surface area (Å²) in [7, 11) is 0. The van der Waals surface area contributed by atoms with Gasteiger partial charge in [-0.15, -0.1) is 11.3 Å². The van der Waals surface area contributed by atoms with E-state index in [0.29, 0.717) is 0 Å². The van der Waals surface area contributed by atoms with Gasteiger partial charge in [-0.05, 0) is 36.3 Å². The van der Waals surface area contributed by atoms with Crippen LogP contribution in [0.1, 0.15) is 58.2 Å². The van der Waals surface area contributed by atoms with Gasteiger partial charge in [0.15, 0.2) is 0 Å². The Bertz CT molecular complexity index is 1120. The van der Waals surface area contributed by atoms with E-state index in [4.69, 9.17) is 10.5 Å². The third-order valence-electron chi connectivity index (χ3n) is 6.94. The van der Waals surface area contributed by atoms with Gasteiger partial charge in [0.2, 0.25) is 11.8 Å². The Kier molecular flexibility index (Phi) is 6.76. The Labute approximate surface area is 210 Å². The topological polar surface area (TPSA) is 115 Å². The normalized spacial score (nSPS) is 21.9. The molecular weight excluding hydrogens is 464 g/mol. The number of aromatic nitrogens is 1. The minimum Gasteiger partial charge on any atom is -0.461 e. The first-order valence-corrected chi connectivity index (χ1v) is 12.9. The maximum Gasteiger partial charge on any atom is 0.302 e. The molecule has 9 heteroatoms. The average molecular weight is 499 g/mol. The number of hydrogen-bond donors (Lipinski definition) is 2. The van der Waals surface area contributed by atoms with Gasteiger partial charge in [-0.3, -0.25) is 14.4 Å². The van der Waals surface area contributed by atoms with Crippen LogP contribution in [0.5, 0.6) is 0 Å². The number of rotatable bonds is 6. The number of benzene rings is 1. The van der Waals surface area contributed by atoms with Crippen molar-refractivity contribution in [2.75, 3.05) is 6.54 Å². The molecule has 2 amide bonds. The van der Waals surface area contributed by atoms with Gasteiger partial charge in [0, 0.05) is 13.3 Å². The SMILES string of the molecule is CC(=O)O[C@@H]1CC(C(=O)NC2(c3ccc(-c4scnc4C)cc3)CC2)N(C(=O)[C@@H](N)C(C)(C)C)C1. The fraction of sp³-hybridized carbons (Fsp3) is 0.538. The molecule has 8 nitrogen and oxygen atoms in total. The Morgan fingerprint density at radius 1 is 1.23 bits per heavy atom.